The molecule has 0 saturated heterocycles. The van der Waals surface area contributed by atoms with Gasteiger partial charge in [0.25, 0.3) is 0 Å². The monoisotopic (exact) mass is 388 g/mol. The van der Waals surface area contributed by atoms with Crippen LogP contribution in [0, 0.1) is 5.41 Å². The number of carbonyl (C=O) groups is 1. The Hall–Kier alpha value is -1.22. The molecule has 0 aliphatic heterocycles. The summed E-state index contributed by atoms with van der Waals surface area (Å²) < 4.78 is 21.2. The number of nitrogens with one attached hydrogen (secondary N) is 1. The van der Waals surface area contributed by atoms with Crippen molar-refractivity contribution in [2.24, 2.45) is 9.81 Å². The lowest BCUT2D eigenvalue weighted by molar-refractivity contribution is -0.123. The fourth-order valence-corrected chi connectivity index (χ4v) is 2.30. The van der Waals surface area contributed by atoms with Gasteiger partial charge in [0.15, 0.2) is 11.0 Å². The molecule has 0 radical (unpaired) electrons. The normalized spacial score (nSPS) is 14.4. The van der Waals surface area contributed by atoms with Gasteiger partial charge in [0.2, 0.25) is 5.91 Å². The molecular formula is C16H25ClN4O3S. The molecule has 0 spiro atoms. The lowest BCUT2D eigenvalue weighted by Gasteiger charge is -2.20. The average Bonchev–Trinajstić information content (AvgIpc) is 2.46. The first kappa shape index (κ1) is 21.8. The van der Waals surface area contributed by atoms with Crippen LogP contribution in [0.5, 0.6) is 0 Å². The van der Waals surface area contributed by atoms with Gasteiger partial charge in [-0.3, -0.25) is 4.79 Å². The van der Waals surface area contributed by atoms with E-state index in [1.54, 1.807) is 26.8 Å². The first-order chi connectivity index (χ1) is 11.4. The van der Waals surface area contributed by atoms with E-state index in [0.717, 1.165) is 0 Å². The molecule has 1 aromatic rings. The van der Waals surface area contributed by atoms with Crippen molar-refractivity contribution in [1.82, 2.24) is 10.2 Å². The molecule has 1 unspecified atom stereocenters. The Labute approximate surface area is 156 Å². The highest BCUT2D eigenvalue weighted by atomic mass is 35.5. The van der Waals surface area contributed by atoms with Crippen LogP contribution < -0.4 is 5.32 Å². The molecule has 9 heteroatoms. The quantitative estimate of drug-likeness (QED) is 0.617. The summed E-state index contributed by atoms with van der Waals surface area (Å²) in [5.74, 6) is 0.0308. The van der Waals surface area contributed by atoms with Crippen LogP contribution in [0.15, 0.2) is 10.5 Å². The van der Waals surface area contributed by atoms with Crippen LogP contribution in [0.2, 0.25) is 5.15 Å². The Bertz CT molecular complexity index is 654. The average molecular weight is 389 g/mol. The van der Waals surface area contributed by atoms with Crippen molar-refractivity contribution in [3.8, 4) is 0 Å². The topological polar surface area (TPSA) is 99.5 Å². The second-order valence-corrected chi connectivity index (χ2v) is 9.73. The van der Waals surface area contributed by atoms with Crippen molar-refractivity contribution in [2.75, 3.05) is 19.0 Å². The second kappa shape index (κ2) is 8.44. The summed E-state index contributed by atoms with van der Waals surface area (Å²) in [6.07, 6.45) is 0. The molecule has 1 atom stereocenters. The number of methoxy groups -OCH3 is 1. The standard InChI is InChI=1S/C16H25ClN4O3S/c1-15(2,3)14(22)18-12-8-10(13(17)20-19-12)11(9-24-7)21-25(23)16(4,5)6/h8H,9H2,1-7H3,(H,18,19,22)/b21-11+. The summed E-state index contributed by atoms with van der Waals surface area (Å²) in [6, 6.07) is 1.55. The molecule has 0 saturated carbocycles. The van der Waals surface area contributed by atoms with Crippen molar-refractivity contribution in [2.45, 2.75) is 46.3 Å². The maximum atomic E-state index is 12.3. The van der Waals surface area contributed by atoms with Gasteiger partial charge < -0.3 is 14.6 Å². The zero-order chi connectivity index (χ0) is 19.4. The fraction of sp³-hybridized carbons (Fsp3) is 0.625. The zero-order valence-electron chi connectivity index (χ0n) is 15.6. The van der Waals surface area contributed by atoms with E-state index in [0.29, 0.717) is 11.3 Å². The zero-order valence-corrected chi connectivity index (χ0v) is 17.2. The number of nitrogens with zero attached hydrogens (tertiary/aromatic N) is 3. The van der Waals surface area contributed by atoms with E-state index in [-0.39, 0.29) is 23.5 Å². The number of hydrogen-bond donors (Lipinski definition) is 1. The molecule has 7 nitrogen and oxygen atoms in total. The molecular weight excluding hydrogens is 364 g/mol. The van der Waals surface area contributed by atoms with Crippen molar-refractivity contribution in [3.05, 3.63) is 16.8 Å². The third-order valence-electron chi connectivity index (χ3n) is 2.98. The number of aromatic nitrogens is 2. The molecule has 0 aliphatic carbocycles. The molecule has 1 heterocycles. The van der Waals surface area contributed by atoms with Gasteiger partial charge in [0.1, 0.15) is 21.8 Å². The fourth-order valence-electron chi connectivity index (χ4n) is 1.47. The van der Waals surface area contributed by atoms with Crippen LogP contribution in [0.25, 0.3) is 0 Å². The van der Waals surface area contributed by atoms with Crippen LogP contribution in [0.1, 0.15) is 47.1 Å². The van der Waals surface area contributed by atoms with E-state index in [1.165, 1.54) is 7.11 Å². The van der Waals surface area contributed by atoms with Gasteiger partial charge in [-0.25, -0.2) is 0 Å². The second-order valence-electron chi connectivity index (χ2n) is 7.47. The summed E-state index contributed by atoms with van der Waals surface area (Å²) in [7, 11) is 1.50. The van der Waals surface area contributed by atoms with E-state index < -0.39 is 21.5 Å². The van der Waals surface area contributed by atoms with E-state index in [2.05, 4.69) is 19.9 Å². The highest BCUT2D eigenvalue weighted by Gasteiger charge is 2.28. The Balaban J connectivity index is 3.25. The molecule has 0 aromatic carbocycles. The molecule has 25 heavy (non-hydrogen) atoms. The first-order valence-electron chi connectivity index (χ1n) is 7.70. The summed E-state index contributed by atoms with van der Waals surface area (Å²) >= 11 is 4.63. The van der Waals surface area contributed by atoms with Gasteiger partial charge in [-0.05, 0) is 26.8 Å². The number of anilines is 1. The molecule has 140 valence electrons. The van der Waals surface area contributed by atoms with E-state index in [9.17, 15) is 9.35 Å². The number of halogens is 1. The number of amides is 1. The van der Waals surface area contributed by atoms with Crippen molar-refractivity contribution in [3.63, 3.8) is 0 Å². The SMILES string of the molecule is COC/C(=N\[S+]([O-])C(C)(C)C)c1cc(NC(=O)C(C)(C)C)nnc1Cl. The minimum atomic E-state index is -1.50. The van der Waals surface area contributed by atoms with Gasteiger partial charge in [-0.1, -0.05) is 36.8 Å². The molecule has 1 N–H and O–H groups in total. The summed E-state index contributed by atoms with van der Waals surface area (Å²) in [4.78, 5) is 12.1. The van der Waals surface area contributed by atoms with Crippen molar-refractivity contribution in [1.29, 1.82) is 0 Å². The lowest BCUT2D eigenvalue weighted by atomic mass is 9.96. The minimum Gasteiger partial charge on any atom is -0.591 e. The maximum absolute atomic E-state index is 12.3. The summed E-state index contributed by atoms with van der Waals surface area (Å²) in [5.41, 5.74) is 0.209. The van der Waals surface area contributed by atoms with E-state index in [4.69, 9.17) is 16.3 Å². The Morgan fingerprint density at radius 3 is 2.40 bits per heavy atom. The highest BCUT2D eigenvalue weighted by molar-refractivity contribution is 7.91. The van der Waals surface area contributed by atoms with Gasteiger partial charge in [-0.2, -0.15) is 0 Å². The van der Waals surface area contributed by atoms with Gasteiger partial charge >= 0.3 is 0 Å². The smallest absolute Gasteiger partial charge is 0.230 e. The van der Waals surface area contributed by atoms with Crippen molar-refractivity contribution >= 4 is 40.4 Å². The van der Waals surface area contributed by atoms with Gasteiger partial charge in [0, 0.05) is 18.1 Å². The Kier molecular flexibility index (Phi) is 7.37. The number of rotatable bonds is 5. The molecule has 0 fully saturated rings. The lowest BCUT2D eigenvalue weighted by Crippen LogP contribution is -2.29. The first-order valence-corrected chi connectivity index (χ1v) is 9.18. The molecule has 1 amide bonds. The Morgan fingerprint density at radius 1 is 1.32 bits per heavy atom. The van der Waals surface area contributed by atoms with E-state index >= 15 is 0 Å². The van der Waals surface area contributed by atoms with Crippen LogP contribution in [0.3, 0.4) is 0 Å². The van der Waals surface area contributed by atoms with Gasteiger partial charge in [-0.15, -0.1) is 10.2 Å². The van der Waals surface area contributed by atoms with E-state index in [1.807, 2.05) is 20.8 Å². The van der Waals surface area contributed by atoms with Crippen molar-refractivity contribution < 1.29 is 14.1 Å². The van der Waals surface area contributed by atoms with Crippen LogP contribution in [-0.2, 0) is 20.9 Å². The van der Waals surface area contributed by atoms with Crippen LogP contribution in [-0.4, -0.2) is 44.8 Å². The summed E-state index contributed by atoms with van der Waals surface area (Å²) in [5, 5.41) is 10.5. The number of hydrogen-bond acceptors (Lipinski definition) is 6. The van der Waals surface area contributed by atoms with Crippen LogP contribution in [0.4, 0.5) is 5.82 Å². The molecule has 1 rings (SSSR count). The largest absolute Gasteiger partial charge is 0.591 e. The van der Waals surface area contributed by atoms with Crippen LogP contribution >= 0.6 is 11.6 Å². The highest BCUT2D eigenvalue weighted by Crippen LogP contribution is 2.23. The maximum Gasteiger partial charge on any atom is 0.230 e. The predicted molar refractivity (Wildman–Crippen MR) is 101 cm³/mol. The minimum absolute atomic E-state index is 0.0930. The number of ether oxygens (including phenoxy) is 1. The third kappa shape index (κ3) is 6.54. The summed E-state index contributed by atoms with van der Waals surface area (Å²) in [6.45, 7) is 10.9. The molecule has 0 aliphatic rings. The predicted octanol–water partition coefficient (Wildman–Crippen LogP) is 3.01. The molecule has 0 bridgehead atoms. The third-order valence-corrected chi connectivity index (χ3v) is 4.69. The molecule has 1 aromatic heterocycles. The number of carbonyl (C=O) groups excluding carboxylic acids is 1. The Morgan fingerprint density at radius 2 is 1.92 bits per heavy atom. The van der Waals surface area contributed by atoms with Gasteiger partial charge in [0.05, 0.1) is 6.61 Å².